The van der Waals surface area contributed by atoms with Crippen LogP contribution in [0.15, 0.2) is 91.2 Å². The van der Waals surface area contributed by atoms with Crippen LogP contribution in [0.5, 0.6) is 46.0 Å². The largest absolute Gasteiger partial charge is 0.508 e. The molecule has 0 amide bonds. The molecule has 0 saturated heterocycles. The van der Waals surface area contributed by atoms with Gasteiger partial charge in [0, 0.05) is 41.5 Å². The average molecular weight is 603 g/mol. The van der Waals surface area contributed by atoms with Crippen LogP contribution >= 0.6 is 0 Å². The SMILES string of the molecule is C.COc1ccc(-c2cc(=O)c3c(O)cc(O)cc3o2)cc1.O=c1c(O)c(-c2ccc(O)c(O)c2)oc2cc(O)cc(O)c12. The van der Waals surface area contributed by atoms with Gasteiger partial charge in [0.15, 0.2) is 22.7 Å². The molecule has 2 aromatic heterocycles. The van der Waals surface area contributed by atoms with Crippen molar-refractivity contribution < 1.29 is 49.3 Å². The molecule has 12 heteroatoms. The summed E-state index contributed by atoms with van der Waals surface area (Å²) in [5.41, 5.74) is -0.443. The van der Waals surface area contributed by atoms with E-state index in [1.165, 1.54) is 18.2 Å². The van der Waals surface area contributed by atoms with E-state index in [4.69, 9.17) is 13.6 Å². The van der Waals surface area contributed by atoms with Crippen molar-refractivity contribution in [1.82, 2.24) is 0 Å². The zero-order valence-corrected chi connectivity index (χ0v) is 22.1. The van der Waals surface area contributed by atoms with Crippen molar-refractivity contribution in [3.05, 3.63) is 93.2 Å². The summed E-state index contributed by atoms with van der Waals surface area (Å²) in [5, 5.41) is 66.9. The summed E-state index contributed by atoms with van der Waals surface area (Å²) in [5.74, 6) is -2.15. The van der Waals surface area contributed by atoms with Crippen molar-refractivity contribution in [2.24, 2.45) is 0 Å². The van der Waals surface area contributed by atoms with E-state index >= 15 is 0 Å². The van der Waals surface area contributed by atoms with Gasteiger partial charge in [0.05, 0.1) is 7.11 Å². The zero-order valence-electron chi connectivity index (χ0n) is 22.1. The van der Waals surface area contributed by atoms with Crippen molar-refractivity contribution in [1.29, 1.82) is 0 Å². The monoisotopic (exact) mass is 602 g/mol. The fraction of sp³-hybridized carbons (Fsp3) is 0.0625. The number of aromatic hydroxyl groups is 7. The lowest BCUT2D eigenvalue weighted by Gasteiger charge is -2.08. The van der Waals surface area contributed by atoms with E-state index in [0.717, 1.165) is 30.3 Å². The molecule has 0 aliphatic heterocycles. The molecular weight excluding hydrogens is 576 g/mol. The summed E-state index contributed by atoms with van der Waals surface area (Å²) in [7, 11) is 1.57. The first-order valence-electron chi connectivity index (χ1n) is 12.3. The number of hydrogen-bond donors (Lipinski definition) is 7. The first-order valence-corrected chi connectivity index (χ1v) is 12.3. The fourth-order valence-corrected chi connectivity index (χ4v) is 4.29. The maximum absolute atomic E-state index is 12.1. The number of phenols is 6. The average Bonchev–Trinajstić information content (AvgIpc) is 2.96. The van der Waals surface area contributed by atoms with E-state index in [-0.39, 0.29) is 69.1 Å². The highest BCUT2D eigenvalue weighted by Gasteiger charge is 2.19. The van der Waals surface area contributed by atoms with E-state index in [1.54, 1.807) is 31.4 Å². The fourth-order valence-electron chi connectivity index (χ4n) is 4.29. The van der Waals surface area contributed by atoms with Gasteiger partial charge in [-0.05, 0) is 42.5 Å². The Hall–Kier alpha value is -6.30. The van der Waals surface area contributed by atoms with Crippen LogP contribution in [-0.2, 0) is 0 Å². The van der Waals surface area contributed by atoms with Crippen LogP contribution in [0.4, 0.5) is 0 Å². The van der Waals surface area contributed by atoms with Crippen LogP contribution in [0.1, 0.15) is 7.43 Å². The molecule has 226 valence electrons. The molecule has 6 aromatic rings. The third-order valence-corrected chi connectivity index (χ3v) is 6.34. The summed E-state index contributed by atoms with van der Waals surface area (Å²) in [6.45, 7) is 0. The number of methoxy groups -OCH3 is 1. The quantitative estimate of drug-likeness (QED) is 0.125. The lowest BCUT2D eigenvalue weighted by Crippen LogP contribution is -2.02. The van der Waals surface area contributed by atoms with Crippen LogP contribution in [0.2, 0.25) is 0 Å². The Morgan fingerprint density at radius 1 is 0.591 bits per heavy atom. The van der Waals surface area contributed by atoms with E-state index in [9.17, 15) is 45.3 Å². The van der Waals surface area contributed by atoms with Gasteiger partial charge in [-0.1, -0.05) is 7.43 Å². The predicted molar refractivity (Wildman–Crippen MR) is 161 cm³/mol. The number of rotatable bonds is 3. The van der Waals surface area contributed by atoms with Crippen LogP contribution in [-0.4, -0.2) is 42.9 Å². The minimum Gasteiger partial charge on any atom is -0.508 e. The molecule has 0 fully saturated rings. The topological polar surface area (TPSA) is 211 Å². The molecule has 6 rings (SSSR count). The predicted octanol–water partition coefficient (Wildman–Crippen LogP) is 5.50. The van der Waals surface area contributed by atoms with Crippen LogP contribution < -0.4 is 15.6 Å². The van der Waals surface area contributed by atoms with Gasteiger partial charge in [-0.3, -0.25) is 9.59 Å². The van der Waals surface area contributed by atoms with Gasteiger partial charge in [-0.2, -0.15) is 0 Å². The van der Waals surface area contributed by atoms with E-state index in [2.05, 4.69) is 0 Å². The third-order valence-electron chi connectivity index (χ3n) is 6.34. The van der Waals surface area contributed by atoms with E-state index < -0.39 is 22.7 Å². The Labute approximate surface area is 247 Å². The van der Waals surface area contributed by atoms with Crippen LogP contribution in [0.25, 0.3) is 44.6 Å². The maximum Gasteiger partial charge on any atom is 0.238 e. The third kappa shape index (κ3) is 5.72. The summed E-state index contributed by atoms with van der Waals surface area (Å²) in [4.78, 5) is 24.2. The standard InChI is InChI=1S/C16H12O5.C15H10O7.CH4/c1-20-11-4-2-9(3-5-11)14-8-13(19)16-12(18)6-10(17)7-15(16)21-14;16-7-4-10(19)12-11(5-7)22-15(14(21)13(12)20)6-1-2-8(17)9(18)3-6;/h2-8,17-18H,1H3;1-5,16-19,21H;1H4. The number of phenolic OH excluding ortho intramolecular Hbond substituents is 6. The summed E-state index contributed by atoms with van der Waals surface area (Å²) in [6, 6.07) is 16.4. The molecule has 0 atom stereocenters. The van der Waals surface area contributed by atoms with Crippen molar-refractivity contribution in [2.45, 2.75) is 7.43 Å². The zero-order chi connectivity index (χ0) is 31.0. The number of fused-ring (bicyclic) bond motifs is 2. The lowest BCUT2D eigenvalue weighted by atomic mass is 10.1. The van der Waals surface area contributed by atoms with E-state index in [1.807, 2.05) is 0 Å². The van der Waals surface area contributed by atoms with Crippen LogP contribution in [0.3, 0.4) is 0 Å². The smallest absolute Gasteiger partial charge is 0.238 e. The molecule has 0 unspecified atom stereocenters. The van der Waals surface area contributed by atoms with Gasteiger partial charge in [0.25, 0.3) is 0 Å². The van der Waals surface area contributed by atoms with E-state index in [0.29, 0.717) is 17.1 Å². The molecule has 7 N–H and O–H groups in total. The summed E-state index contributed by atoms with van der Waals surface area (Å²) < 4.78 is 16.0. The van der Waals surface area contributed by atoms with Gasteiger partial charge >= 0.3 is 0 Å². The van der Waals surface area contributed by atoms with Gasteiger partial charge in [-0.25, -0.2) is 0 Å². The minimum absolute atomic E-state index is 0. The van der Waals surface area contributed by atoms with Gasteiger partial charge < -0.3 is 49.3 Å². The molecule has 0 saturated carbocycles. The van der Waals surface area contributed by atoms with Gasteiger partial charge in [0.1, 0.15) is 56.4 Å². The first-order chi connectivity index (χ1) is 20.5. The molecular formula is C32H26O12. The Morgan fingerprint density at radius 3 is 1.75 bits per heavy atom. The molecule has 4 aromatic carbocycles. The highest BCUT2D eigenvalue weighted by atomic mass is 16.5. The molecule has 0 spiro atoms. The molecule has 0 aliphatic rings. The van der Waals surface area contributed by atoms with Crippen molar-refractivity contribution >= 4 is 21.9 Å². The van der Waals surface area contributed by atoms with Gasteiger partial charge in [0.2, 0.25) is 11.2 Å². The minimum atomic E-state index is -0.888. The van der Waals surface area contributed by atoms with Crippen molar-refractivity contribution in [2.75, 3.05) is 7.11 Å². The number of benzene rings is 4. The highest BCUT2D eigenvalue weighted by Crippen LogP contribution is 2.37. The van der Waals surface area contributed by atoms with Crippen molar-refractivity contribution in [3.63, 3.8) is 0 Å². The first kappa shape index (κ1) is 30.7. The van der Waals surface area contributed by atoms with Crippen molar-refractivity contribution in [3.8, 4) is 68.6 Å². The number of hydrogen-bond acceptors (Lipinski definition) is 12. The van der Waals surface area contributed by atoms with Gasteiger partial charge in [-0.15, -0.1) is 0 Å². The molecule has 44 heavy (non-hydrogen) atoms. The molecule has 0 aliphatic carbocycles. The van der Waals surface area contributed by atoms with Crippen LogP contribution in [0, 0.1) is 0 Å². The normalized spacial score (nSPS) is 10.6. The molecule has 0 radical (unpaired) electrons. The molecule has 0 bridgehead atoms. The highest BCUT2D eigenvalue weighted by molar-refractivity contribution is 5.88. The Morgan fingerprint density at radius 2 is 1.16 bits per heavy atom. The number of ether oxygens (including phenoxy) is 1. The Kier molecular flexibility index (Phi) is 8.29. The maximum atomic E-state index is 12.1. The second kappa shape index (κ2) is 11.9. The Balaban J connectivity index is 0.000000197. The lowest BCUT2D eigenvalue weighted by molar-refractivity contribution is 0.403. The Bertz CT molecular complexity index is 2130. The molecule has 12 nitrogen and oxygen atoms in total. The summed E-state index contributed by atoms with van der Waals surface area (Å²) in [6.07, 6.45) is 0. The second-order valence-corrected chi connectivity index (χ2v) is 9.19. The second-order valence-electron chi connectivity index (χ2n) is 9.19. The molecule has 2 heterocycles. The summed E-state index contributed by atoms with van der Waals surface area (Å²) >= 11 is 0.